The van der Waals surface area contributed by atoms with Gasteiger partial charge in [-0.15, -0.1) is 21.5 Å². The number of rotatable bonds is 5. The van der Waals surface area contributed by atoms with Gasteiger partial charge in [0.2, 0.25) is 0 Å². The lowest BCUT2D eigenvalue weighted by Gasteiger charge is -2.27. The quantitative estimate of drug-likeness (QED) is 0.557. The number of hydrogen-bond acceptors (Lipinski definition) is 6. The SMILES string of the molecule is Fc1ccc(F)c(-c2nnc(NC3C[C@@H]4CN(CC5CCOCC5)C[C@@H]4C3)c3ccsc23)c1. The number of thiophene rings is 1. The zero-order valence-electron chi connectivity index (χ0n) is 18.5. The third-order valence-corrected chi connectivity index (χ3v) is 8.51. The van der Waals surface area contributed by atoms with Crippen molar-refractivity contribution < 1.29 is 13.5 Å². The van der Waals surface area contributed by atoms with Crippen molar-refractivity contribution in [3.63, 3.8) is 0 Å². The number of benzene rings is 1. The molecule has 1 N–H and O–H groups in total. The fourth-order valence-electron chi connectivity index (χ4n) is 5.99. The maximum Gasteiger partial charge on any atom is 0.157 e. The van der Waals surface area contributed by atoms with E-state index in [2.05, 4.69) is 20.4 Å². The van der Waals surface area contributed by atoms with Crippen LogP contribution < -0.4 is 5.32 Å². The molecule has 1 aromatic carbocycles. The van der Waals surface area contributed by atoms with Gasteiger partial charge in [-0.3, -0.25) is 0 Å². The molecule has 2 aromatic heterocycles. The fraction of sp³-hybridized carbons (Fsp3) is 0.520. The summed E-state index contributed by atoms with van der Waals surface area (Å²) in [6.45, 7) is 5.43. The van der Waals surface area contributed by atoms with Crippen molar-refractivity contribution in [2.24, 2.45) is 17.8 Å². The molecule has 0 radical (unpaired) electrons. The van der Waals surface area contributed by atoms with Crippen molar-refractivity contribution in [1.29, 1.82) is 0 Å². The molecule has 1 unspecified atom stereocenters. The molecular weight excluding hydrogens is 442 g/mol. The lowest BCUT2D eigenvalue weighted by molar-refractivity contribution is 0.0545. The van der Waals surface area contributed by atoms with Crippen LogP contribution in [0.25, 0.3) is 21.3 Å². The molecule has 33 heavy (non-hydrogen) atoms. The third-order valence-electron chi connectivity index (χ3n) is 7.59. The summed E-state index contributed by atoms with van der Waals surface area (Å²) in [6.07, 6.45) is 4.67. The second-order valence-electron chi connectivity index (χ2n) is 9.79. The van der Waals surface area contributed by atoms with Gasteiger partial charge in [0.15, 0.2) is 5.82 Å². The minimum Gasteiger partial charge on any atom is -0.381 e. The molecule has 2 aliphatic heterocycles. The second kappa shape index (κ2) is 8.89. The van der Waals surface area contributed by atoms with Crippen molar-refractivity contribution >= 4 is 27.2 Å². The first kappa shape index (κ1) is 21.4. The summed E-state index contributed by atoms with van der Waals surface area (Å²) in [5.74, 6) is 2.02. The normalized spacial score (nSPS) is 26.2. The van der Waals surface area contributed by atoms with Crippen LogP contribution in [-0.4, -0.2) is 54.0 Å². The molecule has 6 rings (SSSR count). The van der Waals surface area contributed by atoms with Crippen LogP contribution in [0.4, 0.5) is 14.6 Å². The topological polar surface area (TPSA) is 50.3 Å². The van der Waals surface area contributed by atoms with Crippen molar-refractivity contribution in [3.8, 4) is 11.3 Å². The number of likely N-dealkylation sites (tertiary alicyclic amines) is 1. The van der Waals surface area contributed by atoms with Crippen LogP contribution in [0.1, 0.15) is 25.7 Å². The molecule has 8 heteroatoms. The van der Waals surface area contributed by atoms with E-state index in [1.54, 1.807) is 0 Å². The lowest BCUT2D eigenvalue weighted by Crippen LogP contribution is -2.32. The van der Waals surface area contributed by atoms with Gasteiger partial charge in [-0.2, -0.15) is 0 Å². The van der Waals surface area contributed by atoms with Gasteiger partial charge < -0.3 is 15.0 Å². The number of halogens is 2. The van der Waals surface area contributed by atoms with Crippen molar-refractivity contribution in [2.75, 3.05) is 38.2 Å². The average molecular weight is 471 g/mol. The molecular formula is C25H28F2N4OS. The van der Waals surface area contributed by atoms with E-state index in [-0.39, 0.29) is 5.56 Å². The van der Waals surface area contributed by atoms with Crippen LogP contribution in [0.2, 0.25) is 0 Å². The first-order valence-electron chi connectivity index (χ1n) is 11.9. The molecule has 3 aliphatic rings. The van der Waals surface area contributed by atoms with E-state index < -0.39 is 11.6 Å². The number of anilines is 1. The van der Waals surface area contributed by atoms with Gasteiger partial charge in [-0.05, 0) is 73.1 Å². The molecule has 3 atom stereocenters. The molecule has 174 valence electrons. The molecule has 0 spiro atoms. The predicted molar refractivity (Wildman–Crippen MR) is 126 cm³/mol. The van der Waals surface area contributed by atoms with Gasteiger partial charge in [0.25, 0.3) is 0 Å². The van der Waals surface area contributed by atoms with Crippen molar-refractivity contribution in [2.45, 2.75) is 31.7 Å². The molecule has 3 fully saturated rings. The predicted octanol–water partition coefficient (Wildman–Crippen LogP) is 5.19. The molecule has 0 bridgehead atoms. The molecule has 5 nitrogen and oxygen atoms in total. The minimum absolute atomic E-state index is 0.154. The molecule has 0 amide bonds. The Morgan fingerprint density at radius 1 is 1.06 bits per heavy atom. The van der Waals surface area contributed by atoms with Crippen LogP contribution >= 0.6 is 11.3 Å². The maximum atomic E-state index is 14.4. The Balaban J connectivity index is 1.14. The number of aromatic nitrogens is 2. The van der Waals surface area contributed by atoms with E-state index in [1.165, 1.54) is 49.9 Å². The van der Waals surface area contributed by atoms with E-state index in [1.807, 2.05) is 11.4 Å². The Labute approximate surface area is 196 Å². The molecule has 2 saturated heterocycles. The van der Waals surface area contributed by atoms with Crippen LogP contribution in [0.3, 0.4) is 0 Å². The third kappa shape index (κ3) is 4.24. The maximum absolute atomic E-state index is 14.4. The smallest absolute Gasteiger partial charge is 0.157 e. The van der Waals surface area contributed by atoms with Crippen molar-refractivity contribution in [1.82, 2.24) is 15.1 Å². The summed E-state index contributed by atoms with van der Waals surface area (Å²) < 4.78 is 34.5. The van der Waals surface area contributed by atoms with Gasteiger partial charge in [0.1, 0.15) is 17.3 Å². The van der Waals surface area contributed by atoms with E-state index in [9.17, 15) is 8.78 Å². The summed E-state index contributed by atoms with van der Waals surface area (Å²) in [7, 11) is 0. The van der Waals surface area contributed by atoms with Gasteiger partial charge in [0, 0.05) is 49.8 Å². The van der Waals surface area contributed by atoms with E-state index in [4.69, 9.17) is 4.74 Å². The van der Waals surface area contributed by atoms with Gasteiger partial charge in [0.05, 0.1) is 4.70 Å². The average Bonchev–Trinajstić information content (AvgIpc) is 3.52. The zero-order valence-corrected chi connectivity index (χ0v) is 19.3. The number of ether oxygens (including phenoxy) is 1. The second-order valence-corrected chi connectivity index (χ2v) is 10.7. The first-order valence-corrected chi connectivity index (χ1v) is 12.8. The van der Waals surface area contributed by atoms with Gasteiger partial charge in [-0.1, -0.05) is 0 Å². The zero-order chi connectivity index (χ0) is 22.4. The van der Waals surface area contributed by atoms with Crippen LogP contribution in [0, 0.1) is 29.4 Å². The van der Waals surface area contributed by atoms with Gasteiger partial charge >= 0.3 is 0 Å². The fourth-order valence-corrected chi connectivity index (χ4v) is 6.89. The Hall–Kier alpha value is -2.16. The highest BCUT2D eigenvalue weighted by Gasteiger charge is 2.41. The van der Waals surface area contributed by atoms with Crippen LogP contribution in [0.5, 0.6) is 0 Å². The summed E-state index contributed by atoms with van der Waals surface area (Å²) in [4.78, 5) is 2.67. The Kier molecular flexibility index (Phi) is 5.76. The summed E-state index contributed by atoms with van der Waals surface area (Å²) in [5, 5.41) is 15.2. The van der Waals surface area contributed by atoms with Crippen LogP contribution in [0.15, 0.2) is 29.6 Å². The molecule has 1 saturated carbocycles. The molecule has 1 aliphatic carbocycles. The van der Waals surface area contributed by atoms with Crippen LogP contribution in [-0.2, 0) is 4.74 Å². The largest absolute Gasteiger partial charge is 0.381 e. The standard InChI is InChI=1S/C25H28F2N4OS/c26-18-1-2-22(27)21(11-18)23-24-20(5-8-33-24)25(30-29-23)28-19-9-16-13-31(14-17(16)10-19)12-15-3-6-32-7-4-15/h1-2,5,8,11,15-17,19H,3-4,6-7,9-10,12-14H2,(H,28,30)/t16-,17+,19?. The number of hydrogen-bond donors (Lipinski definition) is 1. The summed E-state index contributed by atoms with van der Waals surface area (Å²) in [6, 6.07) is 5.81. The Morgan fingerprint density at radius 3 is 2.64 bits per heavy atom. The number of nitrogens with zero attached hydrogens (tertiary/aromatic N) is 3. The van der Waals surface area contributed by atoms with E-state index in [0.29, 0.717) is 11.7 Å². The monoisotopic (exact) mass is 470 g/mol. The highest BCUT2D eigenvalue weighted by Crippen LogP contribution is 2.41. The minimum atomic E-state index is -0.491. The Morgan fingerprint density at radius 2 is 1.85 bits per heavy atom. The first-order chi connectivity index (χ1) is 16.1. The highest BCUT2D eigenvalue weighted by atomic mass is 32.1. The lowest BCUT2D eigenvalue weighted by atomic mass is 10.00. The number of nitrogens with one attached hydrogen (secondary N) is 1. The Bertz CT molecular complexity index is 1130. The summed E-state index contributed by atoms with van der Waals surface area (Å²) in [5.41, 5.74) is 0.552. The van der Waals surface area contributed by atoms with E-state index in [0.717, 1.165) is 71.8 Å². The van der Waals surface area contributed by atoms with Crippen molar-refractivity contribution in [3.05, 3.63) is 41.3 Å². The summed E-state index contributed by atoms with van der Waals surface area (Å²) >= 11 is 1.48. The molecule has 3 aromatic rings. The molecule has 4 heterocycles. The highest BCUT2D eigenvalue weighted by molar-refractivity contribution is 7.17. The van der Waals surface area contributed by atoms with E-state index >= 15 is 0 Å². The van der Waals surface area contributed by atoms with Gasteiger partial charge in [-0.25, -0.2) is 8.78 Å². The number of fused-ring (bicyclic) bond motifs is 2.